The van der Waals surface area contributed by atoms with E-state index in [0.29, 0.717) is 5.57 Å². The van der Waals surface area contributed by atoms with Gasteiger partial charge in [0.25, 0.3) is 0 Å². The number of aliphatic hydroxyl groups is 3. The molecule has 1 aliphatic rings. The van der Waals surface area contributed by atoms with Gasteiger partial charge < -0.3 is 15.3 Å². The molecule has 1 saturated carbocycles. The minimum Gasteiger partial charge on any atom is -0.388 e. The van der Waals surface area contributed by atoms with Crippen LogP contribution in [0.25, 0.3) is 0 Å². The summed E-state index contributed by atoms with van der Waals surface area (Å²) < 4.78 is 0. The summed E-state index contributed by atoms with van der Waals surface area (Å²) in [4.78, 5) is 0. The maximum absolute atomic E-state index is 10.2. The smallest absolute Gasteiger partial charge is 0.112 e. The van der Waals surface area contributed by atoms with Crippen LogP contribution in [0.3, 0.4) is 0 Å². The number of aliphatic hydroxyl groups excluding tert-OH is 3. The molecule has 5 heteroatoms. The Morgan fingerprint density at radius 1 is 0.783 bits per heavy atom. The van der Waals surface area contributed by atoms with E-state index in [1.54, 1.807) is 0 Å². The number of anilines is 2. The van der Waals surface area contributed by atoms with Crippen molar-refractivity contribution >= 4 is 11.4 Å². The monoisotopic (exact) mass is 312 g/mol. The van der Waals surface area contributed by atoms with Crippen LogP contribution >= 0.6 is 0 Å². The van der Waals surface area contributed by atoms with Crippen LogP contribution in [0, 0.1) is 0 Å². The summed E-state index contributed by atoms with van der Waals surface area (Å²) >= 11 is 0. The van der Waals surface area contributed by atoms with E-state index >= 15 is 0 Å². The molecule has 4 atom stereocenters. The minimum atomic E-state index is -1.24. The summed E-state index contributed by atoms with van der Waals surface area (Å²) in [5.74, 6) is 0. The Morgan fingerprint density at radius 2 is 1.26 bits per heavy atom. The number of hydrogen-bond acceptors (Lipinski definition) is 5. The Kier molecular flexibility index (Phi) is 4.45. The van der Waals surface area contributed by atoms with Crippen molar-refractivity contribution in [1.29, 1.82) is 0 Å². The van der Waals surface area contributed by atoms with Gasteiger partial charge in [-0.15, -0.1) is 0 Å². The van der Waals surface area contributed by atoms with Gasteiger partial charge in [0.1, 0.15) is 18.3 Å². The van der Waals surface area contributed by atoms with E-state index in [-0.39, 0.29) is 0 Å². The zero-order chi connectivity index (χ0) is 16.4. The van der Waals surface area contributed by atoms with Crippen molar-refractivity contribution in [3.05, 3.63) is 72.8 Å². The fourth-order valence-corrected chi connectivity index (χ4v) is 2.76. The van der Waals surface area contributed by atoms with Crippen molar-refractivity contribution in [2.24, 2.45) is 0 Å². The number of rotatable bonds is 4. The van der Waals surface area contributed by atoms with Gasteiger partial charge in [-0.1, -0.05) is 43.0 Å². The zero-order valence-corrected chi connectivity index (χ0v) is 12.6. The Balaban J connectivity index is 1.93. The first-order valence-corrected chi connectivity index (χ1v) is 7.49. The maximum Gasteiger partial charge on any atom is 0.112 e. The molecule has 0 radical (unpaired) electrons. The van der Waals surface area contributed by atoms with Crippen molar-refractivity contribution in [2.45, 2.75) is 24.4 Å². The molecule has 0 spiro atoms. The second-order valence-corrected chi connectivity index (χ2v) is 5.61. The Bertz CT molecular complexity index is 623. The van der Waals surface area contributed by atoms with Crippen LogP contribution in [0.15, 0.2) is 72.8 Å². The average Bonchev–Trinajstić information content (AvgIpc) is 2.78. The Hall–Kier alpha value is -2.18. The molecular formula is C18H20N2O3. The number of para-hydroxylation sites is 2. The summed E-state index contributed by atoms with van der Waals surface area (Å²) in [6.45, 7) is 3.80. The first-order chi connectivity index (χ1) is 11.1. The Labute approximate surface area is 135 Å². The van der Waals surface area contributed by atoms with Crippen molar-refractivity contribution < 1.29 is 15.3 Å². The standard InChI is InChI=1S/C18H20N2O3/c1-12-15(17(22)18(23)16(12)21)19-20(13-8-4-2-5-9-13)14-10-6-3-7-11-14/h2-11,15-19,21-23H,1H2/t15-,16-,17+,18-/m0/s1. The SMILES string of the molecule is C=C1[C@H](O)[C@H](O)[C@H](O)[C@H]1NN(c1ccccc1)c1ccccc1. The maximum atomic E-state index is 10.2. The highest BCUT2D eigenvalue weighted by Crippen LogP contribution is 2.29. The second-order valence-electron chi connectivity index (χ2n) is 5.61. The zero-order valence-electron chi connectivity index (χ0n) is 12.6. The van der Waals surface area contributed by atoms with Crippen LogP contribution in [0.5, 0.6) is 0 Å². The number of benzene rings is 2. The highest BCUT2D eigenvalue weighted by molar-refractivity contribution is 5.62. The molecule has 1 fully saturated rings. The van der Waals surface area contributed by atoms with Crippen LogP contribution in [-0.2, 0) is 0 Å². The van der Waals surface area contributed by atoms with Gasteiger partial charge in [-0.3, -0.25) is 5.01 Å². The molecule has 0 aliphatic heterocycles. The molecule has 3 rings (SSSR count). The third kappa shape index (κ3) is 3.00. The normalized spacial score (nSPS) is 27.2. The fourth-order valence-electron chi connectivity index (χ4n) is 2.76. The molecular weight excluding hydrogens is 292 g/mol. The van der Waals surface area contributed by atoms with Gasteiger partial charge in [0.05, 0.1) is 17.4 Å². The van der Waals surface area contributed by atoms with Crippen molar-refractivity contribution in [3.8, 4) is 0 Å². The van der Waals surface area contributed by atoms with E-state index < -0.39 is 24.4 Å². The van der Waals surface area contributed by atoms with E-state index in [0.717, 1.165) is 11.4 Å². The van der Waals surface area contributed by atoms with Crippen LogP contribution in [0.2, 0.25) is 0 Å². The third-order valence-corrected chi connectivity index (χ3v) is 4.09. The van der Waals surface area contributed by atoms with Gasteiger partial charge in [0, 0.05) is 0 Å². The van der Waals surface area contributed by atoms with Crippen molar-refractivity contribution in [1.82, 2.24) is 5.43 Å². The van der Waals surface area contributed by atoms with Crippen molar-refractivity contribution in [2.75, 3.05) is 5.01 Å². The molecule has 0 heterocycles. The second kappa shape index (κ2) is 6.52. The molecule has 0 aromatic heterocycles. The largest absolute Gasteiger partial charge is 0.388 e. The summed E-state index contributed by atoms with van der Waals surface area (Å²) in [6, 6.07) is 18.6. The Morgan fingerprint density at radius 3 is 1.65 bits per heavy atom. The third-order valence-electron chi connectivity index (χ3n) is 4.09. The first-order valence-electron chi connectivity index (χ1n) is 7.49. The van der Waals surface area contributed by atoms with Gasteiger partial charge in [0.2, 0.25) is 0 Å². The van der Waals surface area contributed by atoms with Crippen LogP contribution in [-0.4, -0.2) is 39.7 Å². The van der Waals surface area contributed by atoms with E-state index in [9.17, 15) is 15.3 Å². The average molecular weight is 312 g/mol. The molecule has 0 bridgehead atoms. The molecule has 0 saturated heterocycles. The molecule has 23 heavy (non-hydrogen) atoms. The lowest BCUT2D eigenvalue weighted by Crippen LogP contribution is -2.48. The quantitative estimate of drug-likeness (QED) is 0.506. The van der Waals surface area contributed by atoms with Crippen LogP contribution in [0.1, 0.15) is 0 Å². The number of nitrogens with one attached hydrogen (secondary N) is 1. The van der Waals surface area contributed by atoms with E-state index in [1.165, 1.54) is 0 Å². The summed E-state index contributed by atoms with van der Waals surface area (Å²) in [5, 5.41) is 31.7. The number of hydrogen-bond donors (Lipinski definition) is 4. The van der Waals surface area contributed by atoms with Gasteiger partial charge >= 0.3 is 0 Å². The number of nitrogens with zero attached hydrogens (tertiary/aromatic N) is 1. The van der Waals surface area contributed by atoms with E-state index in [1.807, 2.05) is 65.7 Å². The minimum absolute atomic E-state index is 0.363. The van der Waals surface area contributed by atoms with Gasteiger partial charge in [0.15, 0.2) is 0 Å². The molecule has 4 N–H and O–H groups in total. The van der Waals surface area contributed by atoms with E-state index in [2.05, 4.69) is 12.0 Å². The van der Waals surface area contributed by atoms with Gasteiger partial charge in [-0.2, -0.15) is 0 Å². The summed E-state index contributed by atoms with van der Waals surface area (Å²) in [5.41, 5.74) is 5.28. The predicted octanol–water partition coefficient (Wildman–Crippen LogP) is 1.35. The van der Waals surface area contributed by atoms with Gasteiger partial charge in [-0.05, 0) is 29.8 Å². The molecule has 120 valence electrons. The van der Waals surface area contributed by atoms with Gasteiger partial charge in [-0.25, -0.2) is 5.43 Å². The topological polar surface area (TPSA) is 76.0 Å². The number of hydrazine groups is 1. The molecule has 2 aromatic rings. The molecule has 0 amide bonds. The lowest BCUT2D eigenvalue weighted by molar-refractivity contribution is -0.0192. The summed E-state index contributed by atoms with van der Waals surface area (Å²) in [7, 11) is 0. The van der Waals surface area contributed by atoms with Crippen molar-refractivity contribution in [3.63, 3.8) is 0 Å². The summed E-state index contributed by atoms with van der Waals surface area (Å²) in [6.07, 6.45) is -3.52. The fraction of sp³-hybridized carbons (Fsp3) is 0.222. The first kappa shape index (κ1) is 15.7. The molecule has 0 unspecified atom stereocenters. The molecule has 5 nitrogen and oxygen atoms in total. The lowest BCUT2D eigenvalue weighted by atomic mass is 10.1. The van der Waals surface area contributed by atoms with E-state index in [4.69, 9.17) is 0 Å². The molecule has 2 aromatic carbocycles. The lowest BCUT2D eigenvalue weighted by Gasteiger charge is -2.31. The highest BCUT2D eigenvalue weighted by atomic mass is 16.4. The highest BCUT2D eigenvalue weighted by Gasteiger charge is 2.44. The molecule has 1 aliphatic carbocycles. The van der Waals surface area contributed by atoms with Crippen LogP contribution in [0.4, 0.5) is 11.4 Å². The van der Waals surface area contributed by atoms with Crippen LogP contribution < -0.4 is 10.4 Å². The predicted molar refractivity (Wildman–Crippen MR) is 89.1 cm³/mol.